The van der Waals surface area contributed by atoms with E-state index >= 15 is 0 Å². The third-order valence-electron chi connectivity index (χ3n) is 7.49. The predicted octanol–water partition coefficient (Wildman–Crippen LogP) is 5.99. The third-order valence-corrected chi connectivity index (χ3v) is 8.73. The van der Waals surface area contributed by atoms with E-state index < -0.39 is 6.04 Å². The molecule has 228 valence electrons. The van der Waals surface area contributed by atoms with Gasteiger partial charge in [0.1, 0.15) is 6.61 Å². The molecule has 10 heteroatoms. The van der Waals surface area contributed by atoms with Crippen LogP contribution in [0.5, 0.6) is 11.5 Å². The number of hydrogen-bond acceptors (Lipinski definition) is 7. The topological polar surface area (TPSA) is 106 Å². The van der Waals surface area contributed by atoms with Crippen molar-refractivity contribution >= 4 is 40.6 Å². The van der Waals surface area contributed by atoms with Crippen LogP contribution in [0.25, 0.3) is 6.08 Å². The number of carbonyl (C=O) groups is 1. The van der Waals surface area contributed by atoms with Gasteiger partial charge in [0.15, 0.2) is 16.3 Å². The largest absolute Gasteiger partial charge is 0.493 e. The number of nitrogens with one attached hydrogen (secondary N) is 1. The summed E-state index contributed by atoms with van der Waals surface area (Å²) in [6.45, 7) is 1.97. The van der Waals surface area contributed by atoms with Gasteiger partial charge in [-0.2, -0.15) is 5.26 Å². The summed E-state index contributed by atoms with van der Waals surface area (Å²) in [4.78, 5) is 33.0. The zero-order valence-electron chi connectivity index (χ0n) is 24.9. The second-order valence-corrected chi connectivity index (χ2v) is 11.9. The number of nitrogens with zero attached hydrogens (tertiary/aromatic N) is 3. The molecule has 1 amide bonds. The first-order valence-corrected chi connectivity index (χ1v) is 15.5. The number of nitriles is 1. The van der Waals surface area contributed by atoms with Gasteiger partial charge in [0.25, 0.3) is 11.5 Å². The number of ether oxygens (including phenoxy) is 2. The van der Waals surface area contributed by atoms with E-state index in [1.165, 1.54) is 11.3 Å². The van der Waals surface area contributed by atoms with Crippen LogP contribution in [0.3, 0.4) is 0 Å². The Kier molecular flexibility index (Phi) is 8.83. The number of aromatic nitrogens is 1. The quantitative estimate of drug-likeness (QED) is 0.223. The van der Waals surface area contributed by atoms with Crippen molar-refractivity contribution in [2.75, 3.05) is 12.4 Å². The highest BCUT2D eigenvalue weighted by atomic mass is 35.5. The maximum absolute atomic E-state index is 14.1. The number of hydrogen-bond donors (Lipinski definition) is 1. The summed E-state index contributed by atoms with van der Waals surface area (Å²) in [6, 6.07) is 30.3. The highest BCUT2D eigenvalue weighted by molar-refractivity contribution is 7.07. The van der Waals surface area contributed by atoms with Crippen LogP contribution in [0.4, 0.5) is 5.69 Å². The number of thiazole rings is 1. The molecule has 1 aromatic heterocycles. The number of carbonyl (C=O) groups excluding carboxylic acids is 1. The molecule has 0 spiro atoms. The molecule has 8 nitrogen and oxygen atoms in total. The molecule has 1 aliphatic rings. The molecule has 0 unspecified atom stereocenters. The predicted molar refractivity (Wildman–Crippen MR) is 179 cm³/mol. The number of benzene rings is 4. The second-order valence-electron chi connectivity index (χ2n) is 10.4. The summed E-state index contributed by atoms with van der Waals surface area (Å²) in [7, 11) is 1.54. The Morgan fingerprint density at radius 2 is 1.78 bits per heavy atom. The first-order valence-electron chi connectivity index (χ1n) is 14.3. The average Bonchev–Trinajstić information content (AvgIpc) is 3.37. The van der Waals surface area contributed by atoms with Crippen molar-refractivity contribution in [1.82, 2.24) is 4.57 Å². The Hall–Kier alpha value is -5.43. The van der Waals surface area contributed by atoms with Crippen molar-refractivity contribution in [3.63, 3.8) is 0 Å². The number of fused-ring (bicyclic) bond motifs is 1. The van der Waals surface area contributed by atoms with Gasteiger partial charge in [-0.1, -0.05) is 77.5 Å². The molecule has 4 aromatic carbocycles. The molecular weight excluding hydrogens is 620 g/mol. The van der Waals surface area contributed by atoms with Crippen molar-refractivity contribution < 1.29 is 14.3 Å². The summed E-state index contributed by atoms with van der Waals surface area (Å²) in [5.74, 6) is 0.631. The zero-order chi connectivity index (χ0) is 32.2. The van der Waals surface area contributed by atoms with Crippen LogP contribution in [0.15, 0.2) is 118 Å². The summed E-state index contributed by atoms with van der Waals surface area (Å²) in [5.41, 5.74) is 3.98. The molecule has 0 aliphatic carbocycles. The van der Waals surface area contributed by atoms with Crippen LogP contribution >= 0.6 is 22.9 Å². The molecule has 0 radical (unpaired) electrons. The van der Waals surface area contributed by atoms with Crippen LogP contribution in [0.2, 0.25) is 5.02 Å². The lowest BCUT2D eigenvalue weighted by atomic mass is 9.95. The number of amides is 1. The molecular formula is C36H27ClN4O4S. The monoisotopic (exact) mass is 646 g/mol. The number of anilines is 1. The van der Waals surface area contributed by atoms with E-state index in [1.54, 1.807) is 73.2 Å². The Bertz CT molecular complexity index is 2200. The van der Waals surface area contributed by atoms with Crippen molar-refractivity contribution in [3.8, 4) is 17.6 Å². The van der Waals surface area contributed by atoms with Crippen molar-refractivity contribution in [2.45, 2.75) is 19.6 Å². The van der Waals surface area contributed by atoms with Gasteiger partial charge < -0.3 is 14.8 Å². The SMILES string of the molecule is COc1cc(/C=c2/sc3n(c2=O)[C@@H](c2ccc(Cl)cc2)C(C(=O)Nc2ccccc2)=C(C)N=3)ccc1OCc1ccccc1C#N. The van der Waals surface area contributed by atoms with E-state index in [4.69, 9.17) is 26.1 Å². The number of halogens is 1. The fraction of sp³-hybridized carbons (Fsp3) is 0.111. The van der Waals surface area contributed by atoms with E-state index in [9.17, 15) is 14.9 Å². The molecule has 5 aromatic rings. The second kappa shape index (κ2) is 13.3. The molecule has 0 saturated carbocycles. The smallest absolute Gasteiger partial charge is 0.271 e. The van der Waals surface area contributed by atoms with Gasteiger partial charge >= 0.3 is 0 Å². The van der Waals surface area contributed by atoms with Crippen LogP contribution in [0.1, 0.15) is 35.2 Å². The summed E-state index contributed by atoms with van der Waals surface area (Å²) in [6.07, 6.45) is 1.77. The molecule has 2 heterocycles. The summed E-state index contributed by atoms with van der Waals surface area (Å²) in [5, 5.41) is 12.9. The third kappa shape index (κ3) is 6.22. The minimum absolute atomic E-state index is 0.197. The molecule has 0 bridgehead atoms. The minimum atomic E-state index is -0.721. The molecule has 1 aliphatic heterocycles. The maximum Gasteiger partial charge on any atom is 0.271 e. The highest BCUT2D eigenvalue weighted by Gasteiger charge is 2.32. The molecule has 0 fully saturated rings. The molecule has 1 atom stereocenters. The Balaban J connectivity index is 1.37. The van der Waals surface area contributed by atoms with Crippen molar-refractivity contribution in [1.29, 1.82) is 5.26 Å². The fourth-order valence-corrected chi connectivity index (χ4v) is 6.42. The lowest BCUT2D eigenvalue weighted by Gasteiger charge is -2.25. The zero-order valence-corrected chi connectivity index (χ0v) is 26.4. The van der Waals surface area contributed by atoms with Crippen LogP contribution < -0.4 is 29.7 Å². The standard InChI is InChI=1S/C36H27ClN4O4S/c1-22-32(34(42)40-28-10-4-3-5-11-28)33(24-13-15-27(37)16-14-24)41-35(43)31(46-36(41)39-22)19-23-12-17-29(30(18-23)44-2)45-21-26-9-7-6-8-25(26)20-38/h3-19,33H,21H2,1-2H3,(H,40,42)/b31-19+/t33-/m0/s1. The molecule has 46 heavy (non-hydrogen) atoms. The van der Waals surface area contributed by atoms with Crippen LogP contribution in [0, 0.1) is 11.3 Å². The molecule has 0 saturated heterocycles. The van der Waals surface area contributed by atoms with Gasteiger partial charge in [-0.05, 0) is 66.6 Å². The van der Waals surface area contributed by atoms with E-state index in [-0.39, 0.29) is 18.1 Å². The first kappa shape index (κ1) is 30.6. The summed E-state index contributed by atoms with van der Waals surface area (Å²) >= 11 is 7.44. The van der Waals surface area contributed by atoms with Gasteiger partial charge in [-0.3, -0.25) is 14.2 Å². The van der Waals surface area contributed by atoms with E-state index in [0.717, 1.165) is 11.1 Å². The van der Waals surface area contributed by atoms with Gasteiger partial charge in [0, 0.05) is 16.3 Å². The van der Waals surface area contributed by atoms with Crippen LogP contribution in [-0.2, 0) is 11.4 Å². The van der Waals surface area contributed by atoms with E-state index in [0.29, 0.717) is 53.9 Å². The highest BCUT2D eigenvalue weighted by Crippen LogP contribution is 2.32. The number of methoxy groups -OCH3 is 1. The minimum Gasteiger partial charge on any atom is -0.493 e. The van der Waals surface area contributed by atoms with Crippen molar-refractivity contribution in [3.05, 3.63) is 155 Å². The Labute approximate surface area is 273 Å². The van der Waals surface area contributed by atoms with E-state index in [2.05, 4.69) is 11.4 Å². The van der Waals surface area contributed by atoms with Gasteiger partial charge in [-0.15, -0.1) is 0 Å². The maximum atomic E-state index is 14.1. The average molecular weight is 647 g/mol. The molecule has 1 N–H and O–H groups in total. The normalized spacial score (nSPS) is 14.2. The Morgan fingerprint density at radius 3 is 2.52 bits per heavy atom. The van der Waals surface area contributed by atoms with Crippen molar-refractivity contribution in [2.24, 2.45) is 4.99 Å². The van der Waals surface area contributed by atoms with Gasteiger partial charge in [0.2, 0.25) is 0 Å². The van der Waals surface area contributed by atoms with E-state index in [1.807, 2.05) is 48.5 Å². The number of para-hydroxylation sites is 1. The Morgan fingerprint density at radius 1 is 1.04 bits per heavy atom. The number of allylic oxidation sites excluding steroid dienone is 1. The van der Waals surface area contributed by atoms with Gasteiger partial charge in [0.05, 0.1) is 40.6 Å². The fourth-order valence-electron chi connectivity index (χ4n) is 5.25. The van der Waals surface area contributed by atoms with Crippen LogP contribution in [-0.4, -0.2) is 17.6 Å². The number of rotatable bonds is 8. The summed E-state index contributed by atoms with van der Waals surface area (Å²) < 4.78 is 13.6. The first-order chi connectivity index (χ1) is 22.4. The van der Waals surface area contributed by atoms with Gasteiger partial charge in [-0.25, -0.2) is 4.99 Å². The lowest BCUT2D eigenvalue weighted by molar-refractivity contribution is -0.113. The molecule has 6 rings (SSSR count). The lowest BCUT2D eigenvalue weighted by Crippen LogP contribution is -2.40.